The first kappa shape index (κ1) is 13.9. The summed E-state index contributed by atoms with van der Waals surface area (Å²) >= 11 is 0. The molecule has 0 aliphatic heterocycles. The zero-order valence-corrected chi connectivity index (χ0v) is 10.6. The lowest BCUT2D eigenvalue weighted by Crippen LogP contribution is -2.07. The van der Waals surface area contributed by atoms with Gasteiger partial charge >= 0.3 is 0 Å². The van der Waals surface area contributed by atoms with Gasteiger partial charge in [0.25, 0.3) is 0 Å². The highest BCUT2D eigenvalue weighted by molar-refractivity contribution is 5.23. The minimum absolute atomic E-state index is 0.662. The molecule has 1 aromatic heterocycles. The second-order valence-electron chi connectivity index (χ2n) is 3.82. The van der Waals surface area contributed by atoms with Gasteiger partial charge in [-0.25, -0.2) is 9.97 Å². The van der Waals surface area contributed by atoms with E-state index in [9.17, 15) is 0 Å². The van der Waals surface area contributed by atoms with Crippen LogP contribution in [0.1, 0.15) is 18.4 Å². The van der Waals surface area contributed by atoms with Crippen LogP contribution in [-0.2, 0) is 9.47 Å². The molecule has 0 fully saturated rings. The van der Waals surface area contributed by atoms with Gasteiger partial charge in [-0.15, -0.1) is 0 Å². The molecule has 0 radical (unpaired) electrons. The van der Waals surface area contributed by atoms with E-state index in [2.05, 4.69) is 15.3 Å². The lowest BCUT2D eigenvalue weighted by Gasteiger charge is -2.05. The second kappa shape index (κ2) is 8.90. The van der Waals surface area contributed by atoms with Crippen molar-refractivity contribution in [2.24, 2.45) is 0 Å². The van der Waals surface area contributed by atoms with Gasteiger partial charge in [-0.2, -0.15) is 0 Å². The molecular formula is C12H21N3O2. The number of anilines is 1. The van der Waals surface area contributed by atoms with E-state index >= 15 is 0 Å². The molecule has 0 amide bonds. The van der Waals surface area contributed by atoms with Crippen molar-refractivity contribution < 1.29 is 9.47 Å². The number of rotatable bonds is 9. The van der Waals surface area contributed by atoms with Gasteiger partial charge in [0.2, 0.25) is 5.95 Å². The Bertz CT molecular complexity index is 290. The summed E-state index contributed by atoms with van der Waals surface area (Å²) in [6, 6.07) is 0. The van der Waals surface area contributed by atoms with Gasteiger partial charge in [0.15, 0.2) is 0 Å². The Morgan fingerprint density at radius 2 is 1.88 bits per heavy atom. The fourth-order valence-electron chi connectivity index (χ4n) is 1.26. The van der Waals surface area contributed by atoms with Crippen LogP contribution in [0.25, 0.3) is 0 Å². The van der Waals surface area contributed by atoms with Crippen molar-refractivity contribution in [3.8, 4) is 0 Å². The van der Waals surface area contributed by atoms with E-state index in [-0.39, 0.29) is 0 Å². The highest BCUT2D eigenvalue weighted by Crippen LogP contribution is 1.99. The van der Waals surface area contributed by atoms with E-state index in [0.717, 1.165) is 31.6 Å². The molecule has 5 nitrogen and oxygen atoms in total. The molecule has 1 N–H and O–H groups in total. The summed E-state index contributed by atoms with van der Waals surface area (Å²) in [5.74, 6) is 0.691. The van der Waals surface area contributed by atoms with E-state index in [1.165, 1.54) is 0 Å². The zero-order valence-electron chi connectivity index (χ0n) is 10.6. The lowest BCUT2D eigenvalue weighted by molar-refractivity contribution is 0.0691. The number of unbranched alkanes of at least 4 members (excludes halogenated alkanes) is 1. The van der Waals surface area contributed by atoms with Gasteiger partial charge in [-0.05, 0) is 25.3 Å². The van der Waals surface area contributed by atoms with Crippen LogP contribution in [0.3, 0.4) is 0 Å². The summed E-state index contributed by atoms with van der Waals surface area (Å²) < 4.78 is 10.2. The number of hydrogen-bond donors (Lipinski definition) is 1. The van der Waals surface area contributed by atoms with Crippen LogP contribution in [0.5, 0.6) is 0 Å². The van der Waals surface area contributed by atoms with Crippen LogP contribution in [0.2, 0.25) is 0 Å². The number of nitrogens with one attached hydrogen (secondary N) is 1. The topological polar surface area (TPSA) is 56.3 Å². The number of methoxy groups -OCH3 is 1. The largest absolute Gasteiger partial charge is 0.382 e. The SMILES string of the molecule is COCCOCCCCNc1ncc(C)cn1. The summed E-state index contributed by atoms with van der Waals surface area (Å²) in [7, 11) is 1.68. The quantitative estimate of drug-likeness (QED) is 0.664. The molecule has 0 aliphatic carbocycles. The van der Waals surface area contributed by atoms with Gasteiger partial charge in [-0.1, -0.05) is 0 Å². The zero-order chi connectivity index (χ0) is 12.3. The number of hydrogen-bond acceptors (Lipinski definition) is 5. The van der Waals surface area contributed by atoms with Crippen molar-refractivity contribution in [2.75, 3.05) is 38.8 Å². The minimum atomic E-state index is 0.662. The molecule has 0 bridgehead atoms. The molecule has 0 atom stereocenters. The Balaban J connectivity index is 1.95. The minimum Gasteiger partial charge on any atom is -0.382 e. The summed E-state index contributed by atoms with van der Waals surface area (Å²) in [6.07, 6.45) is 5.69. The van der Waals surface area contributed by atoms with Crippen LogP contribution in [-0.4, -0.2) is 43.4 Å². The number of aromatic nitrogens is 2. The van der Waals surface area contributed by atoms with Crippen LogP contribution in [0.4, 0.5) is 5.95 Å². The standard InChI is InChI=1S/C12H21N3O2/c1-11-9-14-12(15-10-11)13-5-3-4-6-17-8-7-16-2/h9-10H,3-8H2,1-2H3,(H,13,14,15). The Morgan fingerprint density at radius 3 is 2.59 bits per heavy atom. The summed E-state index contributed by atoms with van der Waals surface area (Å²) in [4.78, 5) is 8.33. The molecule has 0 unspecified atom stereocenters. The third kappa shape index (κ3) is 6.86. The molecule has 1 heterocycles. The third-order valence-corrected chi connectivity index (χ3v) is 2.21. The van der Waals surface area contributed by atoms with E-state index in [4.69, 9.17) is 9.47 Å². The molecule has 17 heavy (non-hydrogen) atoms. The maximum absolute atomic E-state index is 5.36. The van der Waals surface area contributed by atoms with Crippen LogP contribution < -0.4 is 5.32 Å². The van der Waals surface area contributed by atoms with E-state index in [1.54, 1.807) is 7.11 Å². The van der Waals surface area contributed by atoms with Crippen LogP contribution in [0.15, 0.2) is 12.4 Å². The molecule has 0 saturated heterocycles. The Kier molecular flexibility index (Phi) is 7.25. The first-order valence-corrected chi connectivity index (χ1v) is 5.92. The molecule has 0 aliphatic rings. The maximum atomic E-state index is 5.36. The van der Waals surface area contributed by atoms with Crippen molar-refractivity contribution in [3.05, 3.63) is 18.0 Å². The Labute approximate surface area is 103 Å². The van der Waals surface area contributed by atoms with Gasteiger partial charge in [0, 0.05) is 32.7 Å². The predicted octanol–water partition coefficient (Wildman–Crippen LogP) is 1.64. The highest BCUT2D eigenvalue weighted by Gasteiger charge is 1.94. The van der Waals surface area contributed by atoms with Crippen molar-refractivity contribution >= 4 is 5.95 Å². The molecule has 1 aromatic rings. The summed E-state index contributed by atoms with van der Waals surface area (Å²) in [5.41, 5.74) is 1.07. The molecule has 0 aromatic carbocycles. The van der Waals surface area contributed by atoms with E-state index < -0.39 is 0 Å². The Morgan fingerprint density at radius 1 is 1.12 bits per heavy atom. The summed E-state index contributed by atoms with van der Waals surface area (Å²) in [5, 5.41) is 3.17. The van der Waals surface area contributed by atoms with Crippen LogP contribution >= 0.6 is 0 Å². The molecule has 5 heteroatoms. The highest BCUT2D eigenvalue weighted by atomic mass is 16.5. The Hall–Kier alpha value is -1.20. The number of nitrogens with zero attached hydrogens (tertiary/aromatic N) is 2. The smallest absolute Gasteiger partial charge is 0.222 e. The molecule has 0 spiro atoms. The fraction of sp³-hybridized carbons (Fsp3) is 0.667. The van der Waals surface area contributed by atoms with Gasteiger partial charge in [0.1, 0.15) is 0 Å². The van der Waals surface area contributed by atoms with Crippen molar-refractivity contribution in [1.29, 1.82) is 0 Å². The average molecular weight is 239 g/mol. The summed E-state index contributed by atoms with van der Waals surface area (Å²) in [6.45, 7) is 4.96. The normalized spacial score (nSPS) is 10.5. The first-order valence-electron chi connectivity index (χ1n) is 5.92. The van der Waals surface area contributed by atoms with E-state index in [0.29, 0.717) is 19.2 Å². The second-order valence-corrected chi connectivity index (χ2v) is 3.82. The van der Waals surface area contributed by atoms with Crippen LogP contribution in [0, 0.1) is 6.92 Å². The maximum Gasteiger partial charge on any atom is 0.222 e. The lowest BCUT2D eigenvalue weighted by atomic mass is 10.3. The first-order chi connectivity index (χ1) is 8.33. The van der Waals surface area contributed by atoms with Crippen molar-refractivity contribution in [1.82, 2.24) is 9.97 Å². The number of ether oxygens (including phenoxy) is 2. The van der Waals surface area contributed by atoms with Gasteiger partial charge in [0.05, 0.1) is 13.2 Å². The molecule has 96 valence electrons. The fourth-order valence-corrected chi connectivity index (χ4v) is 1.26. The van der Waals surface area contributed by atoms with Gasteiger partial charge < -0.3 is 14.8 Å². The average Bonchev–Trinajstić information content (AvgIpc) is 2.35. The van der Waals surface area contributed by atoms with Crippen molar-refractivity contribution in [2.45, 2.75) is 19.8 Å². The van der Waals surface area contributed by atoms with E-state index in [1.807, 2.05) is 19.3 Å². The van der Waals surface area contributed by atoms with Crippen molar-refractivity contribution in [3.63, 3.8) is 0 Å². The third-order valence-electron chi connectivity index (χ3n) is 2.21. The predicted molar refractivity (Wildman–Crippen MR) is 67.2 cm³/mol. The molecular weight excluding hydrogens is 218 g/mol. The molecule has 0 saturated carbocycles. The number of aryl methyl sites for hydroxylation is 1. The monoisotopic (exact) mass is 239 g/mol. The van der Waals surface area contributed by atoms with Gasteiger partial charge in [-0.3, -0.25) is 0 Å². The molecule has 1 rings (SSSR count).